The summed E-state index contributed by atoms with van der Waals surface area (Å²) >= 11 is 0. The van der Waals surface area contributed by atoms with Crippen molar-refractivity contribution < 1.29 is 30.8 Å². The van der Waals surface area contributed by atoms with Crippen LogP contribution in [0.4, 0.5) is 13.2 Å². The molecule has 0 fully saturated rings. The van der Waals surface area contributed by atoms with Gasteiger partial charge in [-0.1, -0.05) is 5.16 Å². The Kier molecular flexibility index (Phi) is 3.89. The molecule has 0 saturated carbocycles. The van der Waals surface area contributed by atoms with E-state index in [2.05, 4.69) is 9.68 Å². The lowest BCUT2D eigenvalue weighted by Gasteiger charge is -2.06. The predicted octanol–water partition coefficient (Wildman–Crippen LogP) is 3.30. The van der Waals surface area contributed by atoms with Gasteiger partial charge in [-0.3, -0.25) is 0 Å². The van der Waals surface area contributed by atoms with Crippen LogP contribution in [-0.4, -0.2) is 20.7 Å². The third-order valence-corrected chi connectivity index (χ3v) is 3.85. The molecule has 0 amide bonds. The third-order valence-electron chi connectivity index (χ3n) is 2.51. The highest BCUT2D eigenvalue weighted by atomic mass is 35.7. The second-order valence-electron chi connectivity index (χ2n) is 3.88. The van der Waals surface area contributed by atoms with E-state index in [-0.39, 0.29) is 21.9 Å². The van der Waals surface area contributed by atoms with Crippen molar-refractivity contribution in [3.05, 3.63) is 30.0 Å². The van der Waals surface area contributed by atoms with Gasteiger partial charge in [0, 0.05) is 22.3 Å². The molecule has 2 rings (SSSR count). The van der Waals surface area contributed by atoms with E-state index in [4.69, 9.17) is 15.4 Å². The van der Waals surface area contributed by atoms with E-state index in [0.717, 1.165) is 6.07 Å². The van der Waals surface area contributed by atoms with Gasteiger partial charge >= 0.3 is 6.18 Å². The standard InChI is InChI=1S/C11H7ClF3NO4S/c1-19-8-3-2-6(4-9(8)21(12,17)18)7-5-10(20-16-7)11(13,14)15/h2-5H,1H3. The molecule has 0 N–H and O–H groups in total. The highest BCUT2D eigenvalue weighted by molar-refractivity contribution is 8.13. The summed E-state index contributed by atoms with van der Waals surface area (Å²) in [6.45, 7) is 0. The lowest BCUT2D eigenvalue weighted by molar-refractivity contribution is -0.155. The van der Waals surface area contributed by atoms with Crippen molar-refractivity contribution in [2.45, 2.75) is 11.1 Å². The molecule has 1 heterocycles. The normalized spacial score (nSPS) is 12.4. The summed E-state index contributed by atoms with van der Waals surface area (Å²) in [6, 6.07) is 4.31. The Morgan fingerprint density at radius 1 is 1.29 bits per heavy atom. The summed E-state index contributed by atoms with van der Waals surface area (Å²) in [5, 5.41) is 3.26. The molecule has 1 aromatic heterocycles. The van der Waals surface area contributed by atoms with Crippen LogP contribution < -0.4 is 4.74 Å². The number of hydrogen-bond donors (Lipinski definition) is 0. The summed E-state index contributed by atoms with van der Waals surface area (Å²) in [6.07, 6.45) is -4.68. The van der Waals surface area contributed by atoms with Crippen LogP contribution in [0.3, 0.4) is 0 Å². The van der Waals surface area contributed by atoms with E-state index in [1.54, 1.807) is 0 Å². The Hall–Kier alpha value is -1.74. The molecule has 1 aromatic carbocycles. The minimum Gasteiger partial charge on any atom is -0.495 e. The first-order valence-corrected chi connectivity index (χ1v) is 7.61. The van der Waals surface area contributed by atoms with Gasteiger partial charge in [0.25, 0.3) is 9.05 Å². The SMILES string of the molecule is COc1ccc(-c2cc(C(F)(F)F)on2)cc1S(=O)(=O)Cl. The van der Waals surface area contributed by atoms with E-state index in [0.29, 0.717) is 6.07 Å². The molecule has 0 unspecified atom stereocenters. The number of nitrogens with zero attached hydrogens (tertiary/aromatic N) is 1. The van der Waals surface area contributed by atoms with Crippen molar-refractivity contribution in [1.82, 2.24) is 5.16 Å². The average Bonchev–Trinajstić information content (AvgIpc) is 2.86. The Morgan fingerprint density at radius 2 is 1.95 bits per heavy atom. The molecule has 114 valence electrons. The van der Waals surface area contributed by atoms with Crippen molar-refractivity contribution in [3.63, 3.8) is 0 Å². The van der Waals surface area contributed by atoms with Gasteiger partial charge in [0.2, 0.25) is 5.76 Å². The van der Waals surface area contributed by atoms with Crippen molar-refractivity contribution >= 4 is 19.7 Å². The quantitative estimate of drug-likeness (QED) is 0.801. The van der Waals surface area contributed by atoms with Crippen LogP contribution in [0.25, 0.3) is 11.3 Å². The molecule has 0 aliphatic rings. The first kappa shape index (κ1) is 15.6. The summed E-state index contributed by atoms with van der Waals surface area (Å²) < 4.78 is 69.2. The average molecular weight is 342 g/mol. The van der Waals surface area contributed by atoms with Gasteiger partial charge < -0.3 is 9.26 Å². The summed E-state index contributed by atoms with van der Waals surface area (Å²) in [4.78, 5) is -0.374. The molecular formula is C11H7ClF3NO4S. The maximum absolute atomic E-state index is 12.4. The minimum absolute atomic E-state index is 0.0340. The number of methoxy groups -OCH3 is 1. The number of rotatable bonds is 3. The van der Waals surface area contributed by atoms with Gasteiger partial charge in [-0.15, -0.1) is 0 Å². The molecule has 0 radical (unpaired) electrons. The van der Waals surface area contributed by atoms with Gasteiger partial charge in [-0.2, -0.15) is 13.2 Å². The largest absolute Gasteiger partial charge is 0.495 e. The smallest absolute Gasteiger partial charge is 0.452 e. The van der Waals surface area contributed by atoms with Gasteiger partial charge in [0.1, 0.15) is 16.3 Å². The number of ether oxygens (including phenoxy) is 1. The van der Waals surface area contributed by atoms with E-state index in [1.165, 1.54) is 19.2 Å². The second-order valence-corrected chi connectivity index (χ2v) is 6.41. The topological polar surface area (TPSA) is 69.4 Å². The van der Waals surface area contributed by atoms with Crippen molar-refractivity contribution in [1.29, 1.82) is 0 Å². The highest BCUT2D eigenvalue weighted by Gasteiger charge is 2.36. The van der Waals surface area contributed by atoms with Crippen LogP contribution >= 0.6 is 10.7 Å². The summed E-state index contributed by atoms with van der Waals surface area (Å²) in [5.74, 6) is -1.32. The van der Waals surface area contributed by atoms with Crippen molar-refractivity contribution in [2.24, 2.45) is 0 Å². The first-order chi connectivity index (χ1) is 9.63. The molecule has 10 heteroatoms. The predicted molar refractivity (Wildman–Crippen MR) is 66.5 cm³/mol. The molecule has 21 heavy (non-hydrogen) atoms. The Labute approximate surface area is 121 Å². The lowest BCUT2D eigenvalue weighted by Crippen LogP contribution is -2.02. The molecule has 0 saturated heterocycles. The molecular weight excluding hydrogens is 335 g/mol. The number of halogens is 4. The van der Waals surface area contributed by atoms with E-state index >= 15 is 0 Å². The van der Waals surface area contributed by atoms with Crippen LogP contribution in [0.2, 0.25) is 0 Å². The Balaban J connectivity index is 2.53. The van der Waals surface area contributed by atoms with Gasteiger partial charge in [-0.05, 0) is 18.2 Å². The summed E-state index contributed by atoms with van der Waals surface area (Å²) in [7, 11) is 2.35. The van der Waals surface area contributed by atoms with Crippen LogP contribution in [0.5, 0.6) is 5.75 Å². The van der Waals surface area contributed by atoms with E-state index < -0.39 is 21.0 Å². The Morgan fingerprint density at radius 3 is 2.43 bits per heavy atom. The lowest BCUT2D eigenvalue weighted by atomic mass is 10.1. The first-order valence-electron chi connectivity index (χ1n) is 5.30. The van der Waals surface area contributed by atoms with Crippen molar-refractivity contribution in [2.75, 3.05) is 7.11 Å². The number of alkyl halides is 3. The van der Waals surface area contributed by atoms with Gasteiger partial charge in [0.15, 0.2) is 0 Å². The zero-order valence-electron chi connectivity index (χ0n) is 10.3. The molecule has 5 nitrogen and oxygen atoms in total. The number of aromatic nitrogens is 1. The zero-order valence-corrected chi connectivity index (χ0v) is 11.9. The molecule has 0 atom stereocenters. The molecule has 2 aromatic rings. The monoisotopic (exact) mass is 341 g/mol. The van der Waals surface area contributed by atoms with Crippen molar-refractivity contribution in [3.8, 4) is 17.0 Å². The molecule has 0 bridgehead atoms. The van der Waals surface area contributed by atoms with Gasteiger partial charge in [-0.25, -0.2) is 8.42 Å². The maximum Gasteiger partial charge on any atom is 0.452 e. The Bertz CT molecular complexity index is 770. The van der Waals surface area contributed by atoms with Crippen LogP contribution in [0.15, 0.2) is 33.7 Å². The third kappa shape index (κ3) is 3.30. The maximum atomic E-state index is 12.4. The molecule has 0 aliphatic carbocycles. The second kappa shape index (κ2) is 5.23. The zero-order chi connectivity index (χ0) is 15.8. The molecule has 0 spiro atoms. The fraction of sp³-hybridized carbons (Fsp3) is 0.182. The van der Waals surface area contributed by atoms with E-state index in [9.17, 15) is 21.6 Å². The van der Waals surface area contributed by atoms with Crippen LogP contribution in [0, 0.1) is 0 Å². The fourth-order valence-electron chi connectivity index (χ4n) is 1.57. The van der Waals surface area contributed by atoms with Crippen LogP contribution in [0.1, 0.15) is 5.76 Å². The van der Waals surface area contributed by atoms with Crippen LogP contribution in [-0.2, 0) is 15.2 Å². The van der Waals surface area contributed by atoms with Gasteiger partial charge in [0.05, 0.1) is 7.11 Å². The number of benzene rings is 1. The minimum atomic E-state index is -4.68. The van der Waals surface area contributed by atoms with E-state index in [1.807, 2.05) is 0 Å². The fourth-order valence-corrected chi connectivity index (χ4v) is 2.59. The highest BCUT2D eigenvalue weighted by Crippen LogP contribution is 2.35. The number of hydrogen-bond acceptors (Lipinski definition) is 5. The summed E-state index contributed by atoms with van der Waals surface area (Å²) in [5.41, 5.74) is -0.0826. The molecule has 0 aliphatic heterocycles.